The van der Waals surface area contributed by atoms with Crippen molar-refractivity contribution in [1.29, 1.82) is 0 Å². The van der Waals surface area contributed by atoms with Gasteiger partial charge in [0.05, 0.1) is 18.4 Å². The predicted molar refractivity (Wildman–Crippen MR) is 124 cm³/mol. The Morgan fingerprint density at radius 3 is 2.47 bits per heavy atom. The van der Waals surface area contributed by atoms with Gasteiger partial charge in [-0.1, -0.05) is 48.0 Å². The van der Waals surface area contributed by atoms with Crippen molar-refractivity contribution in [3.05, 3.63) is 65.2 Å². The first-order valence-electron chi connectivity index (χ1n) is 10.1. The van der Waals surface area contributed by atoms with E-state index in [1.54, 1.807) is 13.0 Å². The van der Waals surface area contributed by atoms with Crippen LogP contribution in [-0.2, 0) is 26.5 Å². The number of alkyl halides is 2. The number of aliphatic hydroxyl groups is 2. The molecule has 2 aromatic carbocycles. The number of benzene rings is 2. The molecule has 172 valence electrons. The summed E-state index contributed by atoms with van der Waals surface area (Å²) in [6.07, 6.45) is -0.410. The zero-order valence-electron chi connectivity index (χ0n) is 17.8. The van der Waals surface area contributed by atoms with Gasteiger partial charge in [0, 0.05) is 17.0 Å². The number of halogens is 2. The van der Waals surface area contributed by atoms with Crippen LogP contribution in [0, 0.1) is 6.92 Å². The second kappa shape index (κ2) is 10.0. The number of likely N-dealkylation sites (tertiary alicyclic amines) is 1. The minimum atomic E-state index is -1.90. The molecule has 0 aromatic heterocycles. The third-order valence-electron chi connectivity index (χ3n) is 5.52. The number of carbonyl (C=O) groups is 2. The summed E-state index contributed by atoms with van der Waals surface area (Å²) in [6.45, 7) is 3.82. The van der Waals surface area contributed by atoms with Crippen LogP contribution in [0.1, 0.15) is 30.0 Å². The fourth-order valence-electron chi connectivity index (χ4n) is 4.16. The molecule has 1 saturated heterocycles. The number of ether oxygens (including phenoxy) is 1. The van der Waals surface area contributed by atoms with Gasteiger partial charge in [0.1, 0.15) is 5.25 Å². The van der Waals surface area contributed by atoms with E-state index in [1.165, 1.54) is 16.7 Å². The Balaban J connectivity index is 0.000000913. The lowest BCUT2D eigenvalue weighted by molar-refractivity contribution is -0.163. The van der Waals surface area contributed by atoms with E-state index < -0.39 is 34.9 Å². The molecular weight excluding hydrogens is 473 g/mol. The second-order valence-electron chi connectivity index (χ2n) is 7.60. The van der Waals surface area contributed by atoms with Crippen LogP contribution in [0.25, 0.3) is 0 Å². The van der Waals surface area contributed by atoms with E-state index >= 15 is 0 Å². The fraction of sp³-hybridized carbons (Fsp3) is 0.391. The molecule has 0 spiro atoms. The lowest BCUT2D eigenvalue weighted by Gasteiger charge is -2.35. The van der Waals surface area contributed by atoms with Crippen molar-refractivity contribution in [1.82, 2.24) is 4.90 Å². The summed E-state index contributed by atoms with van der Waals surface area (Å²) in [5, 5.41) is 22.5. The van der Waals surface area contributed by atoms with Crippen LogP contribution < -0.4 is 0 Å². The van der Waals surface area contributed by atoms with Crippen LogP contribution in [0.3, 0.4) is 0 Å². The molecule has 4 rings (SSSR count). The van der Waals surface area contributed by atoms with E-state index in [9.17, 15) is 19.8 Å². The number of amides is 1. The molecule has 2 aliphatic heterocycles. The molecule has 2 N–H and O–H groups in total. The third-order valence-corrected chi connectivity index (χ3v) is 7.09. The number of nitrogens with zero attached hydrogens (tertiary/aromatic N) is 1. The molecule has 3 atom stereocenters. The van der Waals surface area contributed by atoms with Crippen LogP contribution in [0.15, 0.2) is 53.4 Å². The average molecular weight is 498 g/mol. The lowest BCUT2D eigenvalue weighted by atomic mass is 9.87. The maximum atomic E-state index is 13.5. The highest BCUT2D eigenvalue weighted by Crippen LogP contribution is 2.59. The van der Waals surface area contributed by atoms with Crippen LogP contribution in [-0.4, -0.2) is 49.9 Å². The van der Waals surface area contributed by atoms with Crippen molar-refractivity contribution >= 4 is 46.8 Å². The number of hydrogen-bond acceptors (Lipinski definition) is 6. The maximum absolute atomic E-state index is 13.5. The van der Waals surface area contributed by atoms with Crippen LogP contribution in [0.5, 0.6) is 0 Å². The average Bonchev–Trinajstić information content (AvgIpc) is 3.13. The quantitative estimate of drug-likeness (QED) is 0.482. The molecule has 0 bridgehead atoms. The molecule has 2 heterocycles. The summed E-state index contributed by atoms with van der Waals surface area (Å²) in [6, 6.07) is 14.7. The Morgan fingerprint density at radius 2 is 1.84 bits per heavy atom. The van der Waals surface area contributed by atoms with Gasteiger partial charge in [-0.2, -0.15) is 0 Å². The van der Waals surface area contributed by atoms with Crippen molar-refractivity contribution in [2.45, 2.75) is 48.3 Å². The number of esters is 1. The van der Waals surface area contributed by atoms with Gasteiger partial charge in [-0.3, -0.25) is 9.59 Å². The van der Waals surface area contributed by atoms with Gasteiger partial charge in [0.2, 0.25) is 0 Å². The van der Waals surface area contributed by atoms with Crippen LogP contribution in [0.4, 0.5) is 0 Å². The first-order chi connectivity index (χ1) is 15.2. The van der Waals surface area contributed by atoms with Crippen molar-refractivity contribution in [2.75, 3.05) is 11.9 Å². The van der Waals surface area contributed by atoms with E-state index in [0.29, 0.717) is 5.56 Å². The molecule has 0 saturated carbocycles. The van der Waals surface area contributed by atoms with E-state index in [1.807, 2.05) is 49.4 Å². The van der Waals surface area contributed by atoms with Gasteiger partial charge < -0.3 is 19.8 Å². The molecule has 2 aliphatic rings. The highest BCUT2D eigenvalue weighted by Gasteiger charge is 2.70. The number of aryl methyl sites for hydroxylation is 1. The number of thioether (sulfide) groups is 1. The number of rotatable bonds is 5. The summed E-state index contributed by atoms with van der Waals surface area (Å²) >= 11 is 10.8. The van der Waals surface area contributed by atoms with Crippen LogP contribution in [0.2, 0.25) is 0 Å². The molecule has 6 nitrogen and oxygen atoms in total. The SMILES string of the molecule is CCOC(=O)C[C@]1(O)[C@H]2Sc3ccc(C)cc3[C@@]2(O)C(=O)N1Cc1ccccc1.ClCCl. The summed E-state index contributed by atoms with van der Waals surface area (Å²) in [4.78, 5) is 27.8. The Morgan fingerprint density at radius 1 is 1.19 bits per heavy atom. The Kier molecular flexibility index (Phi) is 7.78. The van der Waals surface area contributed by atoms with Gasteiger partial charge in [-0.05, 0) is 25.5 Å². The summed E-state index contributed by atoms with van der Waals surface area (Å²) < 4.78 is 5.05. The maximum Gasteiger partial charge on any atom is 0.310 e. The standard InChI is InChI=1S/C22H23NO5S.CH2Cl2/c1-3-28-18(24)12-21(26)19-22(27,16-11-14(2)9-10-17(16)29-19)20(25)23(21)13-15-7-5-4-6-8-15;2-1-3/h4-11,19,26-27H,3,12-13H2,1-2H3;1H2/t19-,21+,22+;/m1./s1. The summed E-state index contributed by atoms with van der Waals surface area (Å²) in [5.41, 5.74) is -1.61. The number of fused-ring (bicyclic) bond motifs is 3. The predicted octanol–water partition coefficient (Wildman–Crippen LogP) is 3.76. The lowest BCUT2D eigenvalue weighted by Crippen LogP contribution is -2.52. The van der Waals surface area contributed by atoms with E-state index in [4.69, 9.17) is 27.9 Å². The molecule has 0 aliphatic carbocycles. The third kappa shape index (κ3) is 4.37. The number of hydrogen-bond donors (Lipinski definition) is 2. The Bertz CT molecular complexity index is 992. The van der Waals surface area contributed by atoms with Crippen LogP contribution >= 0.6 is 35.0 Å². The van der Waals surface area contributed by atoms with Gasteiger partial charge in [-0.25, -0.2) is 0 Å². The zero-order valence-corrected chi connectivity index (χ0v) is 20.1. The van der Waals surface area contributed by atoms with E-state index in [-0.39, 0.29) is 18.5 Å². The first kappa shape index (κ1) is 24.9. The van der Waals surface area contributed by atoms with Crippen molar-refractivity contribution in [3.8, 4) is 0 Å². The smallest absolute Gasteiger partial charge is 0.310 e. The van der Waals surface area contributed by atoms with Crippen molar-refractivity contribution < 1.29 is 24.5 Å². The summed E-state index contributed by atoms with van der Waals surface area (Å²) in [5.74, 6) is -1.21. The number of carbonyl (C=O) groups excluding carboxylic acids is 2. The van der Waals surface area contributed by atoms with Gasteiger partial charge in [-0.15, -0.1) is 35.0 Å². The van der Waals surface area contributed by atoms with E-state index in [0.717, 1.165) is 16.0 Å². The van der Waals surface area contributed by atoms with Crippen molar-refractivity contribution in [3.63, 3.8) is 0 Å². The minimum Gasteiger partial charge on any atom is -0.466 e. The molecule has 1 fully saturated rings. The fourth-order valence-corrected chi connectivity index (χ4v) is 5.70. The Hall–Kier alpha value is -1.77. The largest absolute Gasteiger partial charge is 0.466 e. The first-order valence-corrected chi connectivity index (χ1v) is 12.0. The molecule has 1 amide bonds. The summed E-state index contributed by atoms with van der Waals surface area (Å²) in [7, 11) is 0. The highest BCUT2D eigenvalue weighted by molar-refractivity contribution is 8.00. The highest BCUT2D eigenvalue weighted by atomic mass is 35.5. The molecular formula is C23H25Cl2NO5S. The Labute approximate surface area is 201 Å². The topological polar surface area (TPSA) is 87.1 Å². The van der Waals surface area contributed by atoms with Gasteiger partial charge in [0.25, 0.3) is 5.91 Å². The van der Waals surface area contributed by atoms with Gasteiger partial charge in [0.15, 0.2) is 11.3 Å². The minimum absolute atomic E-state index is 0.0795. The van der Waals surface area contributed by atoms with E-state index in [2.05, 4.69) is 0 Å². The molecule has 2 aromatic rings. The second-order valence-corrected chi connectivity index (χ2v) is 9.56. The normalized spacial score (nSPS) is 25.6. The van der Waals surface area contributed by atoms with Crippen molar-refractivity contribution in [2.24, 2.45) is 0 Å². The molecule has 9 heteroatoms. The monoisotopic (exact) mass is 497 g/mol. The molecule has 32 heavy (non-hydrogen) atoms. The molecule has 0 unspecified atom stereocenters. The molecule has 0 radical (unpaired) electrons. The zero-order chi connectivity index (χ0) is 23.5. The van der Waals surface area contributed by atoms with Gasteiger partial charge >= 0.3 is 5.97 Å².